The van der Waals surface area contributed by atoms with E-state index in [-0.39, 0.29) is 18.4 Å². The first-order chi connectivity index (χ1) is 14.1. The van der Waals surface area contributed by atoms with Crippen LogP contribution in [0.1, 0.15) is 52.0 Å². The topological polar surface area (TPSA) is 105 Å². The van der Waals surface area contributed by atoms with E-state index in [1.165, 1.54) is 6.33 Å². The molecule has 1 aliphatic heterocycles. The summed E-state index contributed by atoms with van der Waals surface area (Å²) in [6.45, 7) is 4.87. The van der Waals surface area contributed by atoms with Gasteiger partial charge in [-0.1, -0.05) is 11.2 Å². The molecule has 150 valence electrons. The summed E-state index contributed by atoms with van der Waals surface area (Å²) in [6.07, 6.45) is 4.80. The van der Waals surface area contributed by atoms with E-state index >= 15 is 0 Å². The average Bonchev–Trinajstić information content (AvgIpc) is 3.11. The summed E-state index contributed by atoms with van der Waals surface area (Å²) < 4.78 is 5.30. The first-order valence-corrected chi connectivity index (χ1v) is 9.67. The van der Waals surface area contributed by atoms with Gasteiger partial charge in [0.1, 0.15) is 17.8 Å². The molecule has 0 bridgehead atoms. The minimum absolute atomic E-state index is 0.0879. The number of carbonyl (C=O) groups is 1. The van der Waals surface area contributed by atoms with Crippen molar-refractivity contribution in [1.29, 1.82) is 0 Å². The lowest BCUT2D eigenvalue weighted by atomic mass is 9.92. The van der Waals surface area contributed by atoms with Crippen LogP contribution in [0.4, 0.5) is 0 Å². The predicted octanol–water partition coefficient (Wildman–Crippen LogP) is 2.66. The predicted molar refractivity (Wildman–Crippen MR) is 105 cm³/mol. The molecule has 1 atom stereocenters. The summed E-state index contributed by atoms with van der Waals surface area (Å²) in [6, 6.07) is 5.47. The molecule has 4 heterocycles. The van der Waals surface area contributed by atoms with E-state index in [9.17, 15) is 9.90 Å². The Kier molecular flexibility index (Phi) is 5.35. The summed E-state index contributed by atoms with van der Waals surface area (Å²) in [5, 5.41) is 13.8. The monoisotopic (exact) mass is 393 g/mol. The molecule has 8 heteroatoms. The van der Waals surface area contributed by atoms with Gasteiger partial charge in [-0.05, 0) is 38.8 Å². The average molecular weight is 393 g/mol. The minimum atomic E-state index is -0.115. The highest BCUT2D eigenvalue weighted by molar-refractivity contribution is 5.92. The maximum atomic E-state index is 12.8. The molecule has 0 aliphatic carbocycles. The highest BCUT2D eigenvalue weighted by Gasteiger charge is 2.28. The summed E-state index contributed by atoms with van der Waals surface area (Å²) in [5.41, 5.74) is 4.29. The Morgan fingerprint density at radius 3 is 2.86 bits per heavy atom. The number of nitrogens with zero attached hydrogens (tertiary/aromatic N) is 5. The summed E-state index contributed by atoms with van der Waals surface area (Å²) in [4.78, 5) is 27.4. The second-order valence-corrected chi connectivity index (χ2v) is 7.29. The highest BCUT2D eigenvalue weighted by atomic mass is 16.5. The van der Waals surface area contributed by atoms with Gasteiger partial charge in [-0.25, -0.2) is 9.97 Å². The molecule has 8 nitrogen and oxygen atoms in total. The van der Waals surface area contributed by atoms with Crippen molar-refractivity contribution >= 4 is 5.91 Å². The van der Waals surface area contributed by atoms with Crippen LogP contribution in [0.15, 0.2) is 35.2 Å². The Bertz CT molecular complexity index is 999. The fourth-order valence-electron chi connectivity index (χ4n) is 3.88. The van der Waals surface area contributed by atoms with Crippen molar-refractivity contribution in [1.82, 2.24) is 25.0 Å². The van der Waals surface area contributed by atoms with E-state index in [2.05, 4.69) is 15.1 Å². The molecule has 1 fully saturated rings. The fourth-order valence-corrected chi connectivity index (χ4v) is 3.88. The Morgan fingerprint density at radius 1 is 1.31 bits per heavy atom. The smallest absolute Gasteiger partial charge is 0.272 e. The minimum Gasteiger partial charge on any atom is -0.392 e. The zero-order chi connectivity index (χ0) is 20.4. The molecule has 0 unspecified atom stereocenters. The molecule has 3 aromatic heterocycles. The van der Waals surface area contributed by atoms with Crippen LogP contribution in [-0.2, 0) is 6.61 Å². The SMILES string of the molecule is Cc1noc(C)c1-c1nc([C@@H]2CCCN(C(=O)c3ccncn3)C2)ccc1CO. The standard InChI is InChI=1S/C21H23N5O3/c1-13-19(14(2)29-25-13)20-16(11-27)5-6-17(24-20)15-4-3-9-26(10-15)21(28)18-7-8-22-12-23-18/h5-8,12,15,27H,3-4,9-11H2,1-2H3/t15-/m1/s1. The van der Waals surface area contributed by atoms with E-state index in [0.717, 1.165) is 35.4 Å². The lowest BCUT2D eigenvalue weighted by Crippen LogP contribution is -2.39. The van der Waals surface area contributed by atoms with Crippen molar-refractivity contribution in [2.24, 2.45) is 0 Å². The first kappa shape index (κ1) is 19.2. The molecule has 0 saturated carbocycles. The number of piperidine rings is 1. The highest BCUT2D eigenvalue weighted by Crippen LogP contribution is 2.32. The molecule has 1 aliphatic rings. The number of hydrogen-bond donors (Lipinski definition) is 1. The number of hydrogen-bond acceptors (Lipinski definition) is 7. The quantitative estimate of drug-likeness (QED) is 0.726. The number of carbonyl (C=O) groups excluding carboxylic acids is 1. The van der Waals surface area contributed by atoms with E-state index in [1.807, 2.05) is 30.9 Å². The maximum Gasteiger partial charge on any atom is 0.272 e. The van der Waals surface area contributed by atoms with Crippen LogP contribution in [0.3, 0.4) is 0 Å². The van der Waals surface area contributed by atoms with Gasteiger partial charge in [0.15, 0.2) is 0 Å². The fraction of sp³-hybridized carbons (Fsp3) is 0.381. The van der Waals surface area contributed by atoms with Crippen LogP contribution < -0.4 is 0 Å². The molecule has 1 amide bonds. The molecule has 0 spiro atoms. The number of aromatic nitrogens is 4. The number of aliphatic hydroxyl groups excluding tert-OH is 1. The van der Waals surface area contributed by atoms with Crippen LogP contribution in [-0.4, -0.2) is 49.1 Å². The molecular weight excluding hydrogens is 370 g/mol. The Morgan fingerprint density at radius 2 is 2.17 bits per heavy atom. The maximum absolute atomic E-state index is 12.8. The Hall–Kier alpha value is -3.13. The zero-order valence-electron chi connectivity index (χ0n) is 16.5. The summed E-state index contributed by atoms with van der Waals surface area (Å²) >= 11 is 0. The number of aryl methyl sites for hydroxylation is 2. The third-order valence-electron chi connectivity index (χ3n) is 5.37. The van der Waals surface area contributed by atoms with Crippen molar-refractivity contribution in [2.75, 3.05) is 13.1 Å². The third kappa shape index (κ3) is 3.75. The lowest BCUT2D eigenvalue weighted by Gasteiger charge is -2.32. The normalized spacial score (nSPS) is 16.8. The zero-order valence-corrected chi connectivity index (χ0v) is 16.5. The number of amides is 1. The second kappa shape index (κ2) is 8.08. The van der Waals surface area contributed by atoms with Crippen LogP contribution in [0.25, 0.3) is 11.3 Å². The van der Waals surface area contributed by atoms with E-state index in [4.69, 9.17) is 9.51 Å². The van der Waals surface area contributed by atoms with Crippen molar-refractivity contribution < 1.29 is 14.4 Å². The lowest BCUT2D eigenvalue weighted by molar-refractivity contribution is 0.0699. The molecule has 3 aromatic rings. The molecule has 1 saturated heterocycles. The van der Waals surface area contributed by atoms with Gasteiger partial charge in [0.05, 0.1) is 23.6 Å². The molecule has 4 rings (SSSR count). The summed E-state index contributed by atoms with van der Waals surface area (Å²) in [7, 11) is 0. The number of likely N-dealkylation sites (tertiary alicyclic amines) is 1. The van der Waals surface area contributed by atoms with Crippen LogP contribution in [0.2, 0.25) is 0 Å². The molecular formula is C21H23N5O3. The van der Waals surface area contributed by atoms with Crippen molar-refractivity contribution in [3.63, 3.8) is 0 Å². The van der Waals surface area contributed by atoms with E-state index in [0.29, 0.717) is 30.2 Å². The number of rotatable bonds is 4. The molecule has 29 heavy (non-hydrogen) atoms. The van der Waals surface area contributed by atoms with Crippen LogP contribution in [0, 0.1) is 13.8 Å². The van der Waals surface area contributed by atoms with Crippen molar-refractivity contribution in [3.05, 3.63) is 59.1 Å². The van der Waals surface area contributed by atoms with Gasteiger partial charge in [-0.2, -0.15) is 0 Å². The third-order valence-corrected chi connectivity index (χ3v) is 5.37. The molecule has 1 N–H and O–H groups in total. The van der Waals surface area contributed by atoms with Gasteiger partial charge in [0, 0.05) is 36.5 Å². The first-order valence-electron chi connectivity index (χ1n) is 9.67. The van der Waals surface area contributed by atoms with Gasteiger partial charge >= 0.3 is 0 Å². The summed E-state index contributed by atoms with van der Waals surface area (Å²) in [5.74, 6) is 0.697. The van der Waals surface area contributed by atoms with E-state index < -0.39 is 0 Å². The van der Waals surface area contributed by atoms with Gasteiger partial charge in [0.25, 0.3) is 5.91 Å². The van der Waals surface area contributed by atoms with Crippen LogP contribution in [0.5, 0.6) is 0 Å². The second-order valence-electron chi connectivity index (χ2n) is 7.29. The largest absolute Gasteiger partial charge is 0.392 e. The Labute approximate surface area is 168 Å². The van der Waals surface area contributed by atoms with Crippen molar-refractivity contribution in [2.45, 2.75) is 39.2 Å². The van der Waals surface area contributed by atoms with Gasteiger partial charge in [-0.15, -0.1) is 0 Å². The van der Waals surface area contributed by atoms with Crippen molar-refractivity contribution in [3.8, 4) is 11.3 Å². The molecule has 0 aromatic carbocycles. The molecule has 0 radical (unpaired) electrons. The van der Waals surface area contributed by atoms with Crippen LogP contribution >= 0.6 is 0 Å². The number of aliphatic hydroxyl groups is 1. The van der Waals surface area contributed by atoms with E-state index in [1.54, 1.807) is 12.3 Å². The van der Waals surface area contributed by atoms with Gasteiger partial charge < -0.3 is 14.5 Å². The van der Waals surface area contributed by atoms with Gasteiger partial charge in [-0.3, -0.25) is 9.78 Å². The number of pyridine rings is 1. The Balaban J connectivity index is 1.63. The van der Waals surface area contributed by atoms with Gasteiger partial charge in [0.2, 0.25) is 0 Å².